The van der Waals surface area contributed by atoms with E-state index in [4.69, 9.17) is 0 Å². The van der Waals surface area contributed by atoms with Crippen molar-refractivity contribution in [2.24, 2.45) is 7.05 Å². The predicted molar refractivity (Wildman–Crippen MR) is 100.0 cm³/mol. The van der Waals surface area contributed by atoms with E-state index in [2.05, 4.69) is 25.6 Å². The summed E-state index contributed by atoms with van der Waals surface area (Å²) in [5.74, 6) is 1.55. The normalized spacial score (nSPS) is 10.8. The molecule has 0 atom stereocenters. The zero-order valence-corrected chi connectivity index (χ0v) is 14.4. The molecule has 3 aromatic heterocycles. The molecule has 0 saturated carbocycles. The van der Waals surface area contributed by atoms with Gasteiger partial charge < -0.3 is 9.88 Å². The maximum absolute atomic E-state index is 4.41. The predicted octanol–water partition coefficient (Wildman–Crippen LogP) is 2.72. The molecule has 0 unspecified atom stereocenters. The largest absolute Gasteiger partial charge is 0.368 e. The van der Waals surface area contributed by atoms with Gasteiger partial charge in [0, 0.05) is 32.2 Å². The maximum Gasteiger partial charge on any atom is 0.160 e. The van der Waals surface area contributed by atoms with Crippen LogP contribution in [-0.2, 0) is 13.5 Å². The van der Waals surface area contributed by atoms with E-state index in [1.54, 1.807) is 6.20 Å². The molecular weight excluding hydrogens is 326 g/mol. The Balaban J connectivity index is 1.34. The number of hydrogen-bond donors (Lipinski definition) is 1. The molecule has 0 amide bonds. The van der Waals surface area contributed by atoms with E-state index in [0.29, 0.717) is 0 Å². The summed E-state index contributed by atoms with van der Waals surface area (Å²) in [4.78, 5) is 4.28. The second-order valence-corrected chi connectivity index (χ2v) is 5.97. The fraction of sp³-hybridized carbons (Fsp3) is 0.158. The highest BCUT2D eigenvalue weighted by molar-refractivity contribution is 5.51. The number of anilines is 1. The van der Waals surface area contributed by atoms with Gasteiger partial charge in [-0.05, 0) is 36.2 Å². The molecule has 0 aliphatic rings. The molecule has 1 aromatic carbocycles. The molecule has 4 aromatic rings. The molecule has 7 nitrogen and oxygen atoms in total. The minimum absolute atomic E-state index is 0.749. The molecule has 0 aliphatic carbocycles. The van der Waals surface area contributed by atoms with Crippen molar-refractivity contribution >= 4 is 5.82 Å². The number of nitrogens with zero attached hydrogens (tertiary/aromatic N) is 6. The van der Waals surface area contributed by atoms with Gasteiger partial charge in [0.15, 0.2) is 5.82 Å². The second-order valence-electron chi connectivity index (χ2n) is 5.97. The van der Waals surface area contributed by atoms with Crippen LogP contribution in [0.5, 0.6) is 0 Å². The molecule has 26 heavy (non-hydrogen) atoms. The molecule has 0 aliphatic heterocycles. The fourth-order valence-electron chi connectivity index (χ4n) is 2.70. The van der Waals surface area contributed by atoms with E-state index < -0.39 is 0 Å². The van der Waals surface area contributed by atoms with Crippen LogP contribution >= 0.6 is 0 Å². The Labute approximate surface area is 151 Å². The van der Waals surface area contributed by atoms with Gasteiger partial charge in [0.25, 0.3) is 0 Å². The monoisotopic (exact) mass is 345 g/mol. The van der Waals surface area contributed by atoms with E-state index in [0.717, 1.165) is 36.0 Å². The summed E-state index contributed by atoms with van der Waals surface area (Å²) in [7, 11) is 1.94. The summed E-state index contributed by atoms with van der Waals surface area (Å²) in [6.07, 6.45) is 8.44. The van der Waals surface area contributed by atoms with E-state index in [9.17, 15) is 0 Å². The Hall–Kier alpha value is -3.48. The van der Waals surface area contributed by atoms with Gasteiger partial charge in [0.1, 0.15) is 11.5 Å². The Kier molecular flexibility index (Phi) is 4.42. The summed E-state index contributed by atoms with van der Waals surface area (Å²) in [5, 5.41) is 16.2. The highest BCUT2D eigenvalue weighted by Crippen LogP contribution is 2.14. The topological polar surface area (TPSA) is 73.5 Å². The van der Waals surface area contributed by atoms with Gasteiger partial charge in [-0.3, -0.25) is 0 Å². The average molecular weight is 345 g/mol. The molecule has 1 N–H and O–H groups in total. The first-order valence-corrected chi connectivity index (χ1v) is 8.44. The molecule has 4 rings (SSSR count). The summed E-state index contributed by atoms with van der Waals surface area (Å²) < 4.78 is 3.80. The zero-order valence-electron chi connectivity index (χ0n) is 14.4. The highest BCUT2D eigenvalue weighted by Gasteiger charge is 2.06. The van der Waals surface area contributed by atoms with Crippen molar-refractivity contribution in [2.75, 3.05) is 11.9 Å². The van der Waals surface area contributed by atoms with Crippen LogP contribution in [0, 0.1) is 0 Å². The van der Waals surface area contributed by atoms with Crippen LogP contribution in [0.2, 0.25) is 0 Å². The van der Waals surface area contributed by atoms with Crippen molar-refractivity contribution in [1.29, 1.82) is 0 Å². The minimum Gasteiger partial charge on any atom is -0.368 e. The number of hydrogen-bond acceptors (Lipinski definition) is 5. The van der Waals surface area contributed by atoms with Crippen molar-refractivity contribution in [1.82, 2.24) is 29.5 Å². The Morgan fingerprint density at radius 1 is 1.04 bits per heavy atom. The van der Waals surface area contributed by atoms with Gasteiger partial charge in [-0.15, -0.1) is 10.2 Å². The van der Waals surface area contributed by atoms with Crippen LogP contribution in [-0.4, -0.2) is 36.1 Å². The first-order valence-electron chi connectivity index (χ1n) is 8.44. The first kappa shape index (κ1) is 16.0. The molecule has 7 heteroatoms. The molecule has 0 fully saturated rings. The standard InChI is InChI=1S/C19H19N7/c1-25-12-11-21-19(25)17-7-8-18(24-23-17)20-10-9-15-13-22-26(14-15)16-5-3-2-4-6-16/h2-8,11-14H,9-10H2,1H3,(H,20,24). The van der Waals surface area contributed by atoms with Crippen molar-refractivity contribution in [3.8, 4) is 17.2 Å². The van der Waals surface area contributed by atoms with Gasteiger partial charge in [-0.1, -0.05) is 18.2 Å². The Morgan fingerprint density at radius 2 is 1.92 bits per heavy atom. The third kappa shape index (κ3) is 3.46. The number of aromatic nitrogens is 6. The maximum atomic E-state index is 4.41. The molecule has 0 saturated heterocycles. The Bertz CT molecular complexity index is 971. The van der Waals surface area contributed by atoms with Crippen LogP contribution < -0.4 is 5.32 Å². The molecule has 0 radical (unpaired) electrons. The number of rotatable bonds is 6. The molecule has 0 spiro atoms. The quantitative estimate of drug-likeness (QED) is 0.582. The van der Waals surface area contributed by atoms with Crippen LogP contribution in [0.4, 0.5) is 5.82 Å². The lowest BCUT2D eigenvalue weighted by Gasteiger charge is -2.05. The highest BCUT2D eigenvalue weighted by atomic mass is 15.3. The van der Waals surface area contributed by atoms with Gasteiger partial charge >= 0.3 is 0 Å². The second kappa shape index (κ2) is 7.18. The summed E-state index contributed by atoms with van der Waals surface area (Å²) in [6, 6.07) is 13.9. The van der Waals surface area contributed by atoms with Crippen molar-refractivity contribution in [2.45, 2.75) is 6.42 Å². The van der Waals surface area contributed by atoms with E-state index in [1.165, 1.54) is 5.56 Å². The minimum atomic E-state index is 0.749. The third-order valence-electron chi connectivity index (χ3n) is 4.09. The third-order valence-corrected chi connectivity index (χ3v) is 4.09. The number of nitrogens with one attached hydrogen (secondary N) is 1. The summed E-state index contributed by atoms with van der Waals surface area (Å²) in [5.41, 5.74) is 2.98. The first-order chi connectivity index (χ1) is 12.8. The number of para-hydroxylation sites is 1. The fourth-order valence-corrected chi connectivity index (χ4v) is 2.70. The molecule has 130 valence electrons. The smallest absolute Gasteiger partial charge is 0.160 e. The van der Waals surface area contributed by atoms with Crippen LogP contribution in [0.1, 0.15) is 5.56 Å². The number of benzene rings is 1. The van der Waals surface area contributed by atoms with Gasteiger partial charge in [-0.2, -0.15) is 5.10 Å². The molecule has 3 heterocycles. The Morgan fingerprint density at radius 3 is 2.65 bits per heavy atom. The number of aryl methyl sites for hydroxylation is 1. The van der Waals surface area contributed by atoms with Crippen molar-refractivity contribution in [3.05, 3.63) is 72.8 Å². The summed E-state index contributed by atoms with van der Waals surface area (Å²) >= 11 is 0. The van der Waals surface area contributed by atoms with Gasteiger partial charge in [0.2, 0.25) is 0 Å². The molecular formula is C19H19N7. The lowest BCUT2D eigenvalue weighted by atomic mass is 10.2. The van der Waals surface area contributed by atoms with Crippen molar-refractivity contribution < 1.29 is 0 Å². The lowest BCUT2D eigenvalue weighted by molar-refractivity contribution is 0.879. The van der Waals surface area contributed by atoms with E-state index >= 15 is 0 Å². The zero-order chi connectivity index (χ0) is 17.8. The number of imidazole rings is 1. The SMILES string of the molecule is Cn1ccnc1-c1ccc(NCCc2cnn(-c3ccccc3)c2)nn1. The van der Waals surface area contributed by atoms with Crippen LogP contribution in [0.25, 0.3) is 17.2 Å². The molecule has 0 bridgehead atoms. The lowest BCUT2D eigenvalue weighted by Crippen LogP contribution is -2.07. The van der Waals surface area contributed by atoms with Crippen LogP contribution in [0.15, 0.2) is 67.3 Å². The van der Waals surface area contributed by atoms with Crippen molar-refractivity contribution in [3.63, 3.8) is 0 Å². The summed E-state index contributed by atoms with van der Waals surface area (Å²) in [6.45, 7) is 0.761. The van der Waals surface area contributed by atoms with Gasteiger partial charge in [0.05, 0.1) is 11.9 Å². The van der Waals surface area contributed by atoms with E-state index in [-0.39, 0.29) is 0 Å². The average Bonchev–Trinajstić information content (AvgIpc) is 3.32. The van der Waals surface area contributed by atoms with Gasteiger partial charge in [-0.25, -0.2) is 9.67 Å². The van der Waals surface area contributed by atoms with Crippen LogP contribution in [0.3, 0.4) is 0 Å². The van der Waals surface area contributed by atoms with E-state index in [1.807, 2.05) is 77.4 Å².